The van der Waals surface area contributed by atoms with E-state index in [1.165, 1.54) is 18.4 Å². The average molecular weight is 270 g/mol. The molecule has 0 aromatic heterocycles. The van der Waals surface area contributed by atoms with E-state index in [0.29, 0.717) is 18.8 Å². The Morgan fingerprint density at radius 1 is 1.17 bits per heavy atom. The van der Waals surface area contributed by atoms with E-state index in [0.717, 1.165) is 12.8 Å². The van der Waals surface area contributed by atoms with Gasteiger partial charge in [-0.25, -0.2) is 8.42 Å². The lowest BCUT2D eigenvalue weighted by Gasteiger charge is -2.06. The van der Waals surface area contributed by atoms with Gasteiger partial charge in [0.2, 0.25) is 0 Å². The van der Waals surface area contributed by atoms with E-state index in [9.17, 15) is 13.2 Å². The third-order valence-corrected chi connectivity index (χ3v) is 3.57. The van der Waals surface area contributed by atoms with Crippen LogP contribution >= 0.6 is 0 Å². The lowest BCUT2D eigenvalue weighted by atomic mass is 10.2. The van der Waals surface area contributed by atoms with Gasteiger partial charge in [-0.15, -0.1) is 0 Å². The van der Waals surface area contributed by atoms with Gasteiger partial charge in [-0.3, -0.25) is 0 Å². The highest BCUT2D eigenvalue weighted by Crippen LogP contribution is 2.16. The summed E-state index contributed by atoms with van der Waals surface area (Å²) in [7, 11) is -3.15. The van der Waals surface area contributed by atoms with E-state index in [-0.39, 0.29) is 10.7 Å². The van der Waals surface area contributed by atoms with E-state index in [1.807, 2.05) is 0 Å². The van der Waals surface area contributed by atoms with E-state index in [2.05, 4.69) is 0 Å². The molecule has 0 bridgehead atoms. The van der Waals surface area contributed by atoms with Crippen molar-refractivity contribution in [3.63, 3.8) is 0 Å². The largest absolute Gasteiger partial charge is 0.494 e. The molecule has 1 aromatic rings. The number of carbonyl (C=O) groups excluding carboxylic acids is 1. The third kappa shape index (κ3) is 5.31. The summed E-state index contributed by atoms with van der Waals surface area (Å²) in [5.74, 6) is 0.831. The van der Waals surface area contributed by atoms with Crippen molar-refractivity contribution in [3.8, 4) is 5.75 Å². The molecule has 0 saturated heterocycles. The topological polar surface area (TPSA) is 60.4 Å². The molecule has 0 unspecified atom stereocenters. The molecule has 1 aromatic carbocycles. The summed E-state index contributed by atoms with van der Waals surface area (Å²) < 4.78 is 27.9. The molecular weight excluding hydrogens is 252 g/mol. The van der Waals surface area contributed by atoms with Gasteiger partial charge >= 0.3 is 0 Å². The maximum Gasteiger partial charge on any atom is 0.175 e. The van der Waals surface area contributed by atoms with Crippen LogP contribution in [0.15, 0.2) is 29.2 Å². The summed E-state index contributed by atoms with van der Waals surface area (Å²) in [5.41, 5.74) is 0. The summed E-state index contributed by atoms with van der Waals surface area (Å²) in [6.07, 6.45) is 3.38. The van der Waals surface area contributed by atoms with E-state index in [1.54, 1.807) is 19.1 Å². The van der Waals surface area contributed by atoms with E-state index >= 15 is 0 Å². The molecule has 0 aliphatic heterocycles. The predicted molar refractivity (Wildman–Crippen MR) is 69.6 cm³/mol. The van der Waals surface area contributed by atoms with Crippen molar-refractivity contribution in [1.82, 2.24) is 0 Å². The van der Waals surface area contributed by atoms with Crippen molar-refractivity contribution in [1.29, 1.82) is 0 Å². The van der Waals surface area contributed by atoms with E-state index < -0.39 is 9.84 Å². The molecular formula is C13H18O4S. The van der Waals surface area contributed by atoms with Gasteiger partial charge in [0.05, 0.1) is 11.5 Å². The number of ether oxygens (including phenoxy) is 1. The van der Waals surface area contributed by atoms with Crippen molar-refractivity contribution in [3.05, 3.63) is 24.3 Å². The van der Waals surface area contributed by atoms with Crippen LogP contribution in [-0.2, 0) is 14.6 Å². The van der Waals surface area contributed by atoms with Crippen LogP contribution in [-0.4, -0.2) is 27.1 Å². The summed E-state index contributed by atoms with van der Waals surface area (Å²) in [6, 6.07) is 6.34. The second-order valence-electron chi connectivity index (χ2n) is 4.25. The maximum atomic E-state index is 11.2. The molecule has 5 heteroatoms. The summed E-state index contributed by atoms with van der Waals surface area (Å²) in [4.78, 5) is 11.0. The first-order valence-electron chi connectivity index (χ1n) is 5.82. The SMILES string of the molecule is CC(=O)CCCCOc1ccc(S(C)(=O)=O)cc1. The highest BCUT2D eigenvalue weighted by atomic mass is 32.2. The highest BCUT2D eigenvalue weighted by molar-refractivity contribution is 7.90. The first-order chi connectivity index (χ1) is 8.39. The van der Waals surface area contributed by atoms with Gasteiger partial charge in [-0.2, -0.15) is 0 Å². The monoisotopic (exact) mass is 270 g/mol. The second kappa shape index (κ2) is 6.54. The van der Waals surface area contributed by atoms with Crippen molar-refractivity contribution in [2.75, 3.05) is 12.9 Å². The number of hydrogen-bond acceptors (Lipinski definition) is 4. The number of carbonyl (C=O) groups is 1. The predicted octanol–water partition coefficient (Wildman–Crippen LogP) is 2.23. The van der Waals surface area contributed by atoms with Gasteiger partial charge in [0.15, 0.2) is 9.84 Å². The number of sulfone groups is 1. The van der Waals surface area contributed by atoms with Crippen LogP contribution in [0.1, 0.15) is 26.2 Å². The maximum absolute atomic E-state index is 11.2. The van der Waals surface area contributed by atoms with Gasteiger partial charge in [0, 0.05) is 12.7 Å². The molecule has 0 amide bonds. The fourth-order valence-electron chi connectivity index (χ4n) is 1.45. The van der Waals surface area contributed by atoms with Crippen LogP contribution in [0.5, 0.6) is 5.75 Å². The molecule has 0 heterocycles. The van der Waals surface area contributed by atoms with Crippen LogP contribution in [0.3, 0.4) is 0 Å². The lowest BCUT2D eigenvalue weighted by molar-refractivity contribution is -0.117. The van der Waals surface area contributed by atoms with Crippen molar-refractivity contribution < 1.29 is 17.9 Å². The van der Waals surface area contributed by atoms with Crippen molar-refractivity contribution >= 4 is 15.6 Å². The van der Waals surface area contributed by atoms with E-state index in [4.69, 9.17) is 4.74 Å². The van der Waals surface area contributed by atoms with Crippen LogP contribution in [0.25, 0.3) is 0 Å². The molecule has 0 fully saturated rings. The van der Waals surface area contributed by atoms with Crippen LogP contribution in [0.2, 0.25) is 0 Å². The quantitative estimate of drug-likeness (QED) is 0.713. The van der Waals surface area contributed by atoms with Gasteiger partial charge in [-0.05, 0) is 44.0 Å². The minimum absolute atomic E-state index is 0.188. The number of benzene rings is 1. The Kier molecular flexibility index (Phi) is 5.34. The van der Waals surface area contributed by atoms with Crippen molar-refractivity contribution in [2.45, 2.75) is 31.1 Å². The third-order valence-electron chi connectivity index (χ3n) is 2.44. The zero-order valence-corrected chi connectivity index (χ0v) is 11.5. The molecule has 0 aliphatic carbocycles. The van der Waals surface area contributed by atoms with Gasteiger partial charge < -0.3 is 9.53 Å². The Bertz CT molecular complexity index is 488. The second-order valence-corrected chi connectivity index (χ2v) is 6.27. The number of Topliss-reactive ketones (excluding diaryl/α,β-unsaturated/α-hetero) is 1. The Hall–Kier alpha value is -1.36. The van der Waals surface area contributed by atoms with Gasteiger partial charge in [-0.1, -0.05) is 0 Å². The molecule has 0 saturated carbocycles. The molecule has 0 atom stereocenters. The number of ketones is 1. The minimum Gasteiger partial charge on any atom is -0.494 e. The Labute approximate surface area is 108 Å². The number of rotatable bonds is 7. The fraction of sp³-hybridized carbons (Fsp3) is 0.462. The smallest absolute Gasteiger partial charge is 0.175 e. The lowest BCUT2D eigenvalue weighted by Crippen LogP contribution is -2.00. The molecule has 1 rings (SSSR count). The summed E-state index contributed by atoms with van der Waals surface area (Å²) in [6.45, 7) is 2.11. The van der Waals surface area contributed by atoms with Gasteiger partial charge in [0.1, 0.15) is 11.5 Å². The molecule has 0 N–H and O–H groups in total. The van der Waals surface area contributed by atoms with Crippen molar-refractivity contribution in [2.24, 2.45) is 0 Å². The highest BCUT2D eigenvalue weighted by Gasteiger charge is 2.06. The van der Waals surface area contributed by atoms with Crippen LogP contribution in [0, 0.1) is 0 Å². The van der Waals surface area contributed by atoms with Gasteiger partial charge in [0.25, 0.3) is 0 Å². The zero-order chi connectivity index (χ0) is 13.6. The molecule has 0 radical (unpaired) electrons. The molecule has 18 heavy (non-hydrogen) atoms. The molecule has 0 aliphatic rings. The fourth-order valence-corrected chi connectivity index (χ4v) is 2.08. The Morgan fingerprint density at radius 3 is 2.28 bits per heavy atom. The minimum atomic E-state index is -3.15. The normalized spacial score (nSPS) is 11.2. The Morgan fingerprint density at radius 2 is 1.78 bits per heavy atom. The zero-order valence-electron chi connectivity index (χ0n) is 10.7. The summed E-state index contributed by atoms with van der Waals surface area (Å²) in [5, 5.41) is 0. The number of hydrogen-bond donors (Lipinski definition) is 0. The first kappa shape index (κ1) is 14.7. The van der Waals surface area contributed by atoms with Crippen LogP contribution < -0.4 is 4.74 Å². The standard InChI is InChI=1S/C13H18O4S/c1-11(14)5-3-4-10-17-12-6-8-13(9-7-12)18(2,15)16/h6-9H,3-5,10H2,1-2H3. The molecule has 0 spiro atoms. The first-order valence-corrected chi connectivity index (χ1v) is 7.71. The molecule has 4 nitrogen and oxygen atoms in total. The van der Waals surface area contributed by atoms with Crippen LogP contribution in [0.4, 0.5) is 0 Å². The summed E-state index contributed by atoms with van der Waals surface area (Å²) >= 11 is 0. The molecule has 100 valence electrons. The number of unbranched alkanes of at least 4 members (excludes halogenated alkanes) is 1. The average Bonchev–Trinajstić information content (AvgIpc) is 2.27. The Balaban J connectivity index is 2.38.